The van der Waals surface area contributed by atoms with Crippen molar-refractivity contribution in [3.05, 3.63) is 35.6 Å². The van der Waals surface area contributed by atoms with Crippen LogP contribution < -0.4 is 16.4 Å². The van der Waals surface area contributed by atoms with E-state index in [1.807, 2.05) is 24.4 Å². The van der Waals surface area contributed by atoms with Crippen LogP contribution in [-0.4, -0.2) is 39.1 Å². The lowest BCUT2D eigenvalue weighted by molar-refractivity contribution is 0.355. The molecule has 0 spiro atoms. The molecule has 3 aromatic rings. The topological polar surface area (TPSA) is 107 Å². The third-order valence-electron chi connectivity index (χ3n) is 5.69. The number of hydrogen-bond donors (Lipinski definition) is 2. The standard InChI is InChI=1S/C19H20ClN7S/c20-16-13(5-6-23-18(16)22)28-15-4-3-12-19(26-15)24-7-14(25-12)27-8-10-1-2-11(9-27)17(10)21/h3-7,10-11,17H,1-2,8-9,21H2,(H2,22,23)/t10-,11+,17-. The number of halogens is 1. The molecule has 1 saturated heterocycles. The van der Waals surface area contributed by atoms with Crippen LogP contribution in [-0.2, 0) is 0 Å². The van der Waals surface area contributed by atoms with E-state index in [0.29, 0.717) is 34.4 Å². The Morgan fingerprint density at radius 1 is 1.07 bits per heavy atom. The highest BCUT2D eigenvalue weighted by Crippen LogP contribution is 2.37. The van der Waals surface area contributed by atoms with Crippen LogP contribution in [0.4, 0.5) is 11.6 Å². The monoisotopic (exact) mass is 413 g/mol. The second kappa shape index (κ2) is 7.02. The maximum atomic E-state index is 6.32. The van der Waals surface area contributed by atoms with Crippen LogP contribution >= 0.6 is 23.4 Å². The van der Waals surface area contributed by atoms with Gasteiger partial charge in [-0.15, -0.1) is 0 Å². The number of hydrogen-bond acceptors (Lipinski definition) is 8. The van der Waals surface area contributed by atoms with E-state index in [1.165, 1.54) is 24.6 Å². The molecule has 0 unspecified atom stereocenters. The van der Waals surface area contributed by atoms with E-state index in [4.69, 9.17) is 28.1 Å². The number of fused-ring (bicyclic) bond motifs is 3. The van der Waals surface area contributed by atoms with Crippen molar-refractivity contribution in [2.24, 2.45) is 17.6 Å². The molecule has 5 rings (SSSR count). The van der Waals surface area contributed by atoms with Gasteiger partial charge in [0.15, 0.2) is 5.65 Å². The van der Waals surface area contributed by atoms with E-state index < -0.39 is 0 Å². The van der Waals surface area contributed by atoms with Gasteiger partial charge >= 0.3 is 0 Å². The third kappa shape index (κ3) is 3.15. The summed E-state index contributed by atoms with van der Waals surface area (Å²) >= 11 is 7.66. The van der Waals surface area contributed by atoms with E-state index in [-0.39, 0.29) is 0 Å². The van der Waals surface area contributed by atoms with Crippen LogP contribution in [0.3, 0.4) is 0 Å². The lowest BCUT2D eigenvalue weighted by atomic mass is 9.93. The summed E-state index contributed by atoms with van der Waals surface area (Å²) in [6, 6.07) is 6.03. The minimum absolute atomic E-state index is 0.312. The van der Waals surface area contributed by atoms with E-state index in [1.54, 1.807) is 6.20 Å². The van der Waals surface area contributed by atoms with E-state index >= 15 is 0 Å². The summed E-state index contributed by atoms with van der Waals surface area (Å²) in [4.78, 5) is 21.1. The zero-order valence-electron chi connectivity index (χ0n) is 15.1. The molecular formula is C19H20ClN7S. The van der Waals surface area contributed by atoms with Gasteiger partial charge in [-0.2, -0.15) is 0 Å². The van der Waals surface area contributed by atoms with Gasteiger partial charge in [-0.1, -0.05) is 23.4 Å². The van der Waals surface area contributed by atoms with Gasteiger partial charge in [0.2, 0.25) is 0 Å². The number of pyridine rings is 2. The van der Waals surface area contributed by atoms with Crippen molar-refractivity contribution in [2.75, 3.05) is 23.7 Å². The third-order valence-corrected chi connectivity index (χ3v) is 7.20. The van der Waals surface area contributed by atoms with Gasteiger partial charge in [0.05, 0.1) is 11.2 Å². The molecule has 144 valence electrons. The lowest BCUT2D eigenvalue weighted by Gasteiger charge is -2.36. The first-order valence-corrected chi connectivity index (χ1v) is 10.5. The molecule has 9 heteroatoms. The molecule has 1 aliphatic heterocycles. The summed E-state index contributed by atoms with van der Waals surface area (Å²) in [7, 11) is 0. The van der Waals surface area contributed by atoms with Gasteiger partial charge in [0, 0.05) is 30.2 Å². The summed E-state index contributed by atoms with van der Waals surface area (Å²) in [5.74, 6) is 2.34. The van der Waals surface area contributed by atoms with Crippen LogP contribution in [0.2, 0.25) is 5.02 Å². The first-order chi connectivity index (χ1) is 13.6. The lowest BCUT2D eigenvalue weighted by Crippen LogP contribution is -2.49. The molecule has 1 aliphatic carbocycles. The quantitative estimate of drug-likeness (QED) is 0.674. The predicted molar refractivity (Wildman–Crippen MR) is 112 cm³/mol. The van der Waals surface area contributed by atoms with Gasteiger partial charge in [-0.25, -0.2) is 19.9 Å². The van der Waals surface area contributed by atoms with Gasteiger partial charge in [0.25, 0.3) is 0 Å². The Kier molecular flexibility index (Phi) is 4.49. The zero-order valence-corrected chi connectivity index (χ0v) is 16.7. The number of anilines is 2. The Morgan fingerprint density at radius 2 is 1.86 bits per heavy atom. The summed E-state index contributed by atoms with van der Waals surface area (Å²) in [5.41, 5.74) is 13.5. The molecular weight excluding hydrogens is 394 g/mol. The van der Waals surface area contributed by atoms with Crippen molar-refractivity contribution in [1.29, 1.82) is 0 Å². The molecule has 0 aromatic carbocycles. The van der Waals surface area contributed by atoms with Gasteiger partial charge in [-0.3, -0.25) is 0 Å². The van der Waals surface area contributed by atoms with Crippen molar-refractivity contribution in [2.45, 2.75) is 28.8 Å². The molecule has 0 radical (unpaired) electrons. The highest BCUT2D eigenvalue weighted by atomic mass is 35.5. The van der Waals surface area contributed by atoms with E-state index in [0.717, 1.165) is 34.3 Å². The Hall–Kier alpha value is -2.16. The van der Waals surface area contributed by atoms with E-state index in [9.17, 15) is 0 Å². The number of nitrogens with two attached hydrogens (primary N) is 2. The second-order valence-corrected chi connectivity index (χ2v) is 8.85. The van der Waals surface area contributed by atoms with Crippen molar-refractivity contribution in [3.63, 3.8) is 0 Å². The number of nitrogen functional groups attached to an aromatic ring is 1. The molecule has 28 heavy (non-hydrogen) atoms. The van der Waals surface area contributed by atoms with Gasteiger partial charge in [-0.05, 0) is 42.9 Å². The fourth-order valence-electron chi connectivity index (χ4n) is 4.17. The summed E-state index contributed by atoms with van der Waals surface area (Å²) in [6.45, 7) is 1.92. The van der Waals surface area contributed by atoms with E-state index in [2.05, 4.69) is 19.9 Å². The van der Waals surface area contributed by atoms with Crippen molar-refractivity contribution in [1.82, 2.24) is 19.9 Å². The number of rotatable bonds is 3. The van der Waals surface area contributed by atoms with Gasteiger partial charge < -0.3 is 16.4 Å². The summed E-state index contributed by atoms with van der Waals surface area (Å²) in [6.07, 6.45) is 5.88. The Labute approximate surface area is 171 Å². The highest BCUT2D eigenvalue weighted by molar-refractivity contribution is 7.99. The average Bonchev–Trinajstić information content (AvgIpc) is 2.91. The predicted octanol–water partition coefficient (Wildman–Crippen LogP) is 2.98. The Balaban J connectivity index is 1.40. The molecule has 2 fully saturated rings. The summed E-state index contributed by atoms with van der Waals surface area (Å²) in [5, 5.41) is 1.22. The highest BCUT2D eigenvalue weighted by Gasteiger charge is 2.40. The first kappa shape index (κ1) is 17.9. The maximum Gasteiger partial charge on any atom is 0.179 e. The molecule has 2 bridgehead atoms. The molecule has 3 aromatic heterocycles. The largest absolute Gasteiger partial charge is 0.382 e. The number of aromatic nitrogens is 4. The molecule has 1 saturated carbocycles. The molecule has 4 N–H and O–H groups in total. The Bertz CT molecular complexity index is 1030. The number of nitrogens with zero attached hydrogens (tertiary/aromatic N) is 5. The maximum absolute atomic E-state index is 6.32. The zero-order chi connectivity index (χ0) is 19.3. The van der Waals surface area contributed by atoms with Crippen LogP contribution in [0.15, 0.2) is 40.5 Å². The van der Waals surface area contributed by atoms with Crippen LogP contribution in [0.5, 0.6) is 0 Å². The van der Waals surface area contributed by atoms with Crippen molar-refractivity contribution in [3.8, 4) is 0 Å². The minimum atomic E-state index is 0.312. The SMILES string of the molecule is Nc1nccc(Sc2ccc3nc(N4C[C@H]5CC[C@@H](C4)[C@@H]5N)cnc3n2)c1Cl. The minimum Gasteiger partial charge on any atom is -0.382 e. The average molecular weight is 414 g/mol. The fraction of sp³-hybridized carbons (Fsp3) is 0.368. The molecule has 2 aliphatic rings. The number of piperidine rings is 1. The normalized spacial score (nSPS) is 24.1. The van der Waals surface area contributed by atoms with Crippen molar-refractivity contribution >= 4 is 46.2 Å². The van der Waals surface area contributed by atoms with Crippen LogP contribution in [0.1, 0.15) is 12.8 Å². The smallest absolute Gasteiger partial charge is 0.179 e. The molecule has 7 nitrogen and oxygen atoms in total. The van der Waals surface area contributed by atoms with Crippen molar-refractivity contribution < 1.29 is 0 Å². The summed E-state index contributed by atoms with van der Waals surface area (Å²) < 4.78 is 0. The first-order valence-electron chi connectivity index (χ1n) is 9.30. The van der Waals surface area contributed by atoms with Gasteiger partial charge in [0.1, 0.15) is 22.2 Å². The van der Waals surface area contributed by atoms with Crippen LogP contribution in [0, 0.1) is 11.8 Å². The fourth-order valence-corrected chi connectivity index (χ4v) is 5.21. The second-order valence-electron chi connectivity index (χ2n) is 7.41. The molecule has 3 atom stereocenters. The van der Waals surface area contributed by atoms with Crippen LogP contribution in [0.25, 0.3) is 11.2 Å². The Morgan fingerprint density at radius 3 is 2.64 bits per heavy atom. The molecule has 4 heterocycles. The molecule has 0 amide bonds.